The monoisotopic (exact) mass is 360 g/mol. The fraction of sp³-hybridized carbons (Fsp3) is 0.308. The molecule has 0 spiro atoms. The molecule has 1 heterocycles. The third-order valence-electron chi connectivity index (χ3n) is 2.70. The number of rotatable bonds is 7. The Morgan fingerprint density at radius 2 is 2.18 bits per heavy atom. The highest BCUT2D eigenvalue weighted by atomic mass is 35.5. The van der Waals surface area contributed by atoms with Gasteiger partial charge in [-0.3, -0.25) is 4.79 Å². The third-order valence-corrected chi connectivity index (χ3v) is 4.22. The molecule has 0 saturated carbocycles. The zero-order chi connectivity index (χ0) is 16.1. The molecule has 0 fully saturated rings. The molecule has 0 unspecified atom stereocenters. The van der Waals surface area contributed by atoms with Gasteiger partial charge < -0.3 is 15.0 Å². The van der Waals surface area contributed by atoms with Gasteiger partial charge in [0.1, 0.15) is 12.4 Å². The third kappa shape index (κ3) is 4.28. The highest BCUT2D eigenvalue weighted by Gasteiger charge is 2.13. The van der Waals surface area contributed by atoms with Crippen LogP contribution in [0.1, 0.15) is 12.7 Å². The number of nitrogens with two attached hydrogens (primary N) is 1. The standard InChI is InChI=1S/C13H14Cl2N4O2S/c1-2-19-12(17-18-13(19)22-7-11(16)20)6-21-10-4-3-8(14)5-9(10)15/h3-5H,2,6-7H2,1H3,(H2,16,20). The van der Waals surface area contributed by atoms with E-state index in [1.807, 2.05) is 11.5 Å². The molecule has 9 heteroatoms. The van der Waals surface area contributed by atoms with Crippen LogP contribution in [-0.2, 0) is 17.9 Å². The van der Waals surface area contributed by atoms with E-state index < -0.39 is 5.91 Å². The smallest absolute Gasteiger partial charge is 0.227 e. The van der Waals surface area contributed by atoms with Gasteiger partial charge in [0.05, 0.1) is 10.8 Å². The molecule has 1 amide bonds. The highest BCUT2D eigenvalue weighted by Crippen LogP contribution is 2.28. The molecule has 0 bridgehead atoms. The van der Waals surface area contributed by atoms with Crippen LogP contribution in [0.15, 0.2) is 23.4 Å². The summed E-state index contributed by atoms with van der Waals surface area (Å²) in [5.41, 5.74) is 5.13. The number of aromatic nitrogens is 3. The fourth-order valence-electron chi connectivity index (χ4n) is 1.72. The minimum absolute atomic E-state index is 0.155. The molecule has 2 aromatic rings. The SMILES string of the molecule is CCn1c(COc2ccc(Cl)cc2Cl)nnc1SCC(N)=O. The van der Waals surface area contributed by atoms with Crippen molar-refractivity contribution in [3.63, 3.8) is 0 Å². The number of amides is 1. The summed E-state index contributed by atoms with van der Waals surface area (Å²) in [7, 11) is 0. The number of benzene rings is 1. The summed E-state index contributed by atoms with van der Waals surface area (Å²) >= 11 is 13.1. The van der Waals surface area contributed by atoms with E-state index in [2.05, 4.69) is 10.2 Å². The average molecular weight is 361 g/mol. The molecule has 0 aliphatic rings. The van der Waals surface area contributed by atoms with Gasteiger partial charge in [0.15, 0.2) is 11.0 Å². The Bertz CT molecular complexity index is 678. The van der Waals surface area contributed by atoms with E-state index in [0.29, 0.717) is 33.3 Å². The summed E-state index contributed by atoms with van der Waals surface area (Å²) in [6.07, 6.45) is 0. The molecule has 0 saturated heterocycles. The van der Waals surface area contributed by atoms with Crippen LogP contribution in [0.5, 0.6) is 5.75 Å². The molecule has 0 aliphatic carbocycles. The molecule has 0 radical (unpaired) electrons. The Morgan fingerprint density at radius 3 is 2.82 bits per heavy atom. The van der Waals surface area contributed by atoms with Crippen LogP contribution in [0, 0.1) is 0 Å². The number of hydrogen-bond donors (Lipinski definition) is 1. The number of carbonyl (C=O) groups excluding carboxylic acids is 1. The molecule has 1 aromatic carbocycles. The Hall–Kier alpha value is -1.44. The average Bonchev–Trinajstić information content (AvgIpc) is 2.86. The lowest BCUT2D eigenvalue weighted by atomic mass is 10.3. The number of halogens is 2. The van der Waals surface area contributed by atoms with Crippen molar-refractivity contribution in [2.24, 2.45) is 5.73 Å². The van der Waals surface area contributed by atoms with Gasteiger partial charge >= 0.3 is 0 Å². The molecule has 2 rings (SSSR count). The lowest BCUT2D eigenvalue weighted by Gasteiger charge is -2.09. The van der Waals surface area contributed by atoms with Crippen molar-refractivity contribution in [3.8, 4) is 5.75 Å². The maximum atomic E-state index is 10.8. The highest BCUT2D eigenvalue weighted by molar-refractivity contribution is 7.99. The molecule has 118 valence electrons. The maximum absolute atomic E-state index is 10.8. The minimum atomic E-state index is -0.401. The van der Waals surface area contributed by atoms with Gasteiger partial charge in [-0.25, -0.2) is 0 Å². The maximum Gasteiger partial charge on any atom is 0.227 e. The second-order valence-corrected chi connectivity index (χ2v) is 6.05. The van der Waals surface area contributed by atoms with Gasteiger partial charge in [-0.2, -0.15) is 0 Å². The van der Waals surface area contributed by atoms with Gasteiger partial charge in [0.2, 0.25) is 5.91 Å². The molecule has 2 N–H and O–H groups in total. The number of ether oxygens (including phenoxy) is 1. The number of primary amides is 1. The molecular weight excluding hydrogens is 347 g/mol. The van der Waals surface area contributed by atoms with Crippen LogP contribution in [0.4, 0.5) is 0 Å². The topological polar surface area (TPSA) is 83.0 Å². The Morgan fingerprint density at radius 1 is 1.41 bits per heavy atom. The zero-order valence-corrected chi connectivity index (χ0v) is 14.1. The molecular formula is C13H14Cl2N4O2S. The van der Waals surface area contributed by atoms with Gasteiger partial charge in [-0.05, 0) is 25.1 Å². The first kappa shape index (κ1) is 16.9. The van der Waals surface area contributed by atoms with Crippen molar-refractivity contribution >= 4 is 40.9 Å². The van der Waals surface area contributed by atoms with Crippen molar-refractivity contribution in [1.29, 1.82) is 0 Å². The lowest BCUT2D eigenvalue weighted by molar-refractivity contribution is -0.115. The van der Waals surface area contributed by atoms with E-state index in [1.54, 1.807) is 18.2 Å². The van der Waals surface area contributed by atoms with Crippen molar-refractivity contribution in [2.75, 3.05) is 5.75 Å². The summed E-state index contributed by atoms with van der Waals surface area (Å²) in [6, 6.07) is 5.00. The number of thioether (sulfide) groups is 1. The number of nitrogens with zero attached hydrogens (tertiary/aromatic N) is 3. The Labute approximate surface area is 141 Å². The normalized spacial score (nSPS) is 10.7. The van der Waals surface area contributed by atoms with E-state index in [1.165, 1.54) is 11.8 Å². The van der Waals surface area contributed by atoms with Crippen LogP contribution >= 0.6 is 35.0 Å². The molecule has 1 aromatic heterocycles. The van der Waals surface area contributed by atoms with Gasteiger partial charge in [0.25, 0.3) is 0 Å². The lowest BCUT2D eigenvalue weighted by Crippen LogP contribution is -2.14. The summed E-state index contributed by atoms with van der Waals surface area (Å²) in [4.78, 5) is 10.8. The van der Waals surface area contributed by atoms with E-state index in [-0.39, 0.29) is 12.4 Å². The van der Waals surface area contributed by atoms with Crippen molar-refractivity contribution < 1.29 is 9.53 Å². The zero-order valence-electron chi connectivity index (χ0n) is 11.8. The molecule has 6 nitrogen and oxygen atoms in total. The predicted molar refractivity (Wildman–Crippen MR) is 86.4 cm³/mol. The quantitative estimate of drug-likeness (QED) is 0.767. The van der Waals surface area contributed by atoms with Crippen LogP contribution < -0.4 is 10.5 Å². The van der Waals surface area contributed by atoms with Crippen molar-refractivity contribution in [1.82, 2.24) is 14.8 Å². The molecule has 22 heavy (non-hydrogen) atoms. The molecule has 0 aliphatic heterocycles. The number of hydrogen-bond acceptors (Lipinski definition) is 5. The first-order chi connectivity index (χ1) is 10.5. The van der Waals surface area contributed by atoms with Crippen molar-refractivity contribution in [3.05, 3.63) is 34.1 Å². The second-order valence-electron chi connectivity index (χ2n) is 4.26. The number of carbonyl (C=O) groups is 1. The Kier molecular flexibility index (Phi) is 5.93. The van der Waals surface area contributed by atoms with Crippen LogP contribution in [0.2, 0.25) is 10.0 Å². The first-order valence-corrected chi connectivity index (χ1v) is 8.16. The largest absolute Gasteiger partial charge is 0.484 e. The summed E-state index contributed by atoms with van der Waals surface area (Å²) < 4.78 is 7.50. The van der Waals surface area contributed by atoms with E-state index >= 15 is 0 Å². The van der Waals surface area contributed by atoms with Gasteiger partial charge in [0, 0.05) is 11.6 Å². The predicted octanol–water partition coefficient (Wildman–Crippen LogP) is 2.76. The summed E-state index contributed by atoms with van der Waals surface area (Å²) in [6.45, 7) is 2.82. The van der Waals surface area contributed by atoms with E-state index in [0.717, 1.165) is 0 Å². The summed E-state index contributed by atoms with van der Waals surface area (Å²) in [5.74, 6) is 0.909. The minimum Gasteiger partial charge on any atom is -0.484 e. The first-order valence-electron chi connectivity index (χ1n) is 6.42. The van der Waals surface area contributed by atoms with Crippen LogP contribution in [0.25, 0.3) is 0 Å². The molecule has 0 atom stereocenters. The van der Waals surface area contributed by atoms with Crippen molar-refractivity contribution in [2.45, 2.75) is 25.2 Å². The van der Waals surface area contributed by atoms with Crippen LogP contribution in [-0.4, -0.2) is 26.4 Å². The fourth-order valence-corrected chi connectivity index (χ4v) is 2.94. The van der Waals surface area contributed by atoms with E-state index in [4.69, 9.17) is 33.7 Å². The van der Waals surface area contributed by atoms with Gasteiger partial charge in [-0.1, -0.05) is 35.0 Å². The second kappa shape index (κ2) is 7.71. The van der Waals surface area contributed by atoms with Gasteiger partial charge in [-0.15, -0.1) is 10.2 Å². The van der Waals surface area contributed by atoms with Crippen LogP contribution in [0.3, 0.4) is 0 Å². The Balaban J connectivity index is 2.07. The summed E-state index contributed by atoms with van der Waals surface area (Å²) in [5, 5.41) is 9.71. The van der Waals surface area contributed by atoms with E-state index in [9.17, 15) is 4.79 Å².